The van der Waals surface area contributed by atoms with E-state index in [4.69, 9.17) is 9.94 Å². The van der Waals surface area contributed by atoms with Gasteiger partial charge in [0, 0.05) is 14.1 Å². The lowest BCUT2D eigenvalue weighted by atomic mass is 10.7. The highest BCUT2D eigenvalue weighted by Gasteiger charge is 1.91. The molecule has 0 aliphatic rings. The van der Waals surface area contributed by atoms with Crippen LogP contribution in [-0.2, 0) is 4.74 Å². The number of hydroxylamine groups is 2. The van der Waals surface area contributed by atoms with Gasteiger partial charge in [-0.2, -0.15) is 0 Å². The molecule has 0 aromatic rings. The molecule has 0 saturated heterocycles. The van der Waals surface area contributed by atoms with Crippen molar-refractivity contribution in [3.05, 3.63) is 12.1 Å². The van der Waals surface area contributed by atoms with Crippen molar-refractivity contribution in [1.82, 2.24) is 10.4 Å². The Labute approximate surface area is 61.0 Å². The Bertz CT molecular complexity index is 112. The van der Waals surface area contributed by atoms with Crippen molar-refractivity contribution in [2.75, 3.05) is 20.7 Å². The Morgan fingerprint density at radius 3 is 2.70 bits per heavy atom. The lowest BCUT2D eigenvalue weighted by molar-refractivity contribution is -0.0188. The lowest BCUT2D eigenvalue weighted by Crippen LogP contribution is -2.14. The van der Waals surface area contributed by atoms with Crippen LogP contribution in [0.15, 0.2) is 12.1 Å². The van der Waals surface area contributed by atoms with Gasteiger partial charge < -0.3 is 10.1 Å². The van der Waals surface area contributed by atoms with Crippen molar-refractivity contribution >= 4 is 0 Å². The minimum atomic E-state index is 0.549. The highest BCUT2D eigenvalue weighted by molar-refractivity contribution is 4.85. The number of ether oxygens (including phenoxy) is 1. The van der Waals surface area contributed by atoms with Gasteiger partial charge in [-0.1, -0.05) is 0 Å². The van der Waals surface area contributed by atoms with E-state index >= 15 is 0 Å². The van der Waals surface area contributed by atoms with Crippen LogP contribution in [0.2, 0.25) is 0 Å². The summed E-state index contributed by atoms with van der Waals surface area (Å²) in [6.45, 7) is 2.46. The van der Waals surface area contributed by atoms with Crippen LogP contribution in [0.1, 0.15) is 6.92 Å². The van der Waals surface area contributed by atoms with Crippen LogP contribution in [0.5, 0.6) is 0 Å². The van der Waals surface area contributed by atoms with Crippen LogP contribution in [0.25, 0.3) is 0 Å². The topological polar surface area (TPSA) is 44.7 Å². The number of hydrogen-bond acceptors (Lipinski definition) is 4. The van der Waals surface area contributed by atoms with E-state index in [9.17, 15) is 0 Å². The van der Waals surface area contributed by atoms with E-state index in [1.54, 1.807) is 7.05 Å². The van der Waals surface area contributed by atoms with Gasteiger partial charge in [0.1, 0.15) is 0 Å². The number of hydrogen-bond donors (Lipinski definition) is 2. The average molecular weight is 146 g/mol. The number of nitrogens with zero attached hydrogens (tertiary/aromatic N) is 1. The summed E-state index contributed by atoms with van der Waals surface area (Å²) in [6.07, 6.45) is 1.45. The van der Waals surface area contributed by atoms with E-state index in [0.29, 0.717) is 12.5 Å². The molecule has 0 bridgehead atoms. The van der Waals surface area contributed by atoms with Gasteiger partial charge in [0.15, 0.2) is 0 Å². The molecule has 0 fully saturated rings. The monoisotopic (exact) mass is 146 g/mol. The van der Waals surface area contributed by atoms with Gasteiger partial charge in [0.05, 0.1) is 12.8 Å². The quantitative estimate of drug-likeness (QED) is 0.444. The van der Waals surface area contributed by atoms with Crippen molar-refractivity contribution in [1.29, 1.82) is 0 Å². The molecule has 0 rings (SSSR count). The zero-order valence-corrected chi connectivity index (χ0v) is 6.59. The average Bonchev–Trinajstić information content (AvgIpc) is 1.86. The molecule has 0 aliphatic carbocycles. The highest BCUT2D eigenvalue weighted by atomic mass is 16.5. The fourth-order valence-corrected chi connectivity index (χ4v) is 0.499. The van der Waals surface area contributed by atoms with Crippen molar-refractivity contribution < 1.29 is 9.94 Å². The molecule has 10 heavy (non-hydrogen) atoms. The summed E-state index contributed by atoms with van der Waals surface area (Å²) >= 11 is 0. The Balaban J connectivity index is 3.78. The van der Waals surface area contributed by atoms with Crippen LogP contribution >= 0.6 is 0 Å². The predicted octanol–water partition coefficient (Wildman–Crippen LogP) is 0.362. The number of nitrogens with one attached hydrogen (secondary N) is 1. The normalized spacial score (nSPS) is 11.0. The molecule has 4 heteroatoms. The molecule has 4 nitrogen and oxygen atoms in total. The van der Waals surface area contributed by atoms with Crippen LogP contribution in [0.3, 0.4) is 0 Å². The first-order valence-electron chi connectivity index (χ1n) is 3.14. The van der Waals surface area contributed by atoms with Crippen molar-refractivity contribution in [2.24, 2.45) is 0 Å². The Hall–Kier alpha value is -0.900. The van der Waals surface area contributed by atoms with E-state index in [2.05, 4.69) is 5.32 Å². The van der Waals surface area contributed by atoms with Gasteiger partial charge >= 0.3 is 0 Å². The summed E-state index contributed by atoms with van der Waals surface area (Å²) < 4.78 is 5.05. The largest absolute Gasteiger partial charge is 0.478 e. The van der Waals surface area contributed by atoms with E-state index in [0.717, 1.165) is 5.06 Å². The van der Waals surface area contributed by atoms with Crippen molar-refractivity contribution in [2.45, 2.75) is 6.92 Å². The molecule has 0 aromatic carbocycles. The van der Waals surface area contributed by atoms with E-state index < -0.39 is 0 Å². The molecule has 0 unspecified atom stereocenters. The summed E-state index contributed by atoms with van der Waals surface area (Å²) in [7, 11) is 3.24. The third-order valence-electron chi connectivity index (χ3n) is 0.850. The van der Waals surface area contributed by atoms with Crippen LogP contribution in [0, 0.1) is 0 Å². The van der Waals surface area contributed by atoms with Gasteiger partial charge in [-0.15, -0.1) is 0 Å². The van der Waals surface area contributed by atoms with Gasteiger partial charge in [-0.25, -0.2) is 0 Å². The third-order valence-corrected chi connectivity index (χ3v) is 0.850. The second kappa shape index (κ2) is 4.93. The lowest BCUT2D eigenvalue weighted by Gasteiger charge is -2.09. The van der Waals surface area contributed by atoms with Crippen LogP contribution in [0.4, 0.5) is 0 Å². The molecule has 2 N–H and O–H groups in total. The fraction of sp³-hybridized carbons (Fsp3) is 0.667. The first-order valence-corrected chi connectivity index (χ1v) is 3.14. The van der Waals surface area contributed by atoms with Gasteiger partial charge in [-0.05, 0) is 6.92 Å². The molecule has 0 atom stereocenters. The fourth-order valence-electron chi connectivity index (χ4n) is 0.499. The van der Waals surface area contributed by atoms with Crippen LogP contribution < -0.4 is 5.32 Å². The molecule has 60 valence electrons. The maximum absolute atomic E-state index is 8.72. The van der Waals surface area contributed by atoms with Crippen LogP contribution in [-0.4, -0.2) is 31.0 Å². The minimum Gasteiger partial charge on any atom is -0.478 e. The molecule has 0 radical (unpaired) electrons. The first kappa shape index (κ1) is 9.10. The zero-order valence-electron chi connectivity index (χ0n) is 6.59. The van der Waals surface area contributed by atoms with Crippen molar-refractivity contribution in [3.63, 3.8) is 0 Å². The van der Waals surface area contributed by atoms with Gasteiger partial charge in [0.25, 0.3) is 0 Å². The Kier molecular flexibility index (Phi) is 4.49. The maximum atomic E-state index is 8.72. The summed E-state index contributed by atoms with van der Waals surface area (Å²) in [4.78, 5) is 0. The predicted molar refractivity (Wildman–Crippen MR) is 38.3 cm³/mol. The standard InChI is InChI=1S/C6H14N2O2/c1-4-10-6(7-2)5-8(3)9/h5,7,9H,4H2,1-3H3/b6-5+. The zero-order chi connectivity index (χ0) is 7.98. The Morgan fingerprint density at radius 1 is 1.80 bits per heavy atom. The third kappa shape index (κ3) is 4.03. The molecule has 0 aliphatic heterocycles. The van der Waals surface area contributed by atoms with E-state index in [-0.39, 0.29) is 0 Å². The smallest absolute Gasteiger partial charge is 0.205 e. The second-order valence-corrected chi connectivity index (χ2v) is 1.75. The molecule has 0 spiro atoms. The first-order chi connectivity index (χ1) is 4.70. The SMILES string of the molecule is CCO/C(=C/N(C)O)NC. The summed E-state index contributed by atoms with van der Waals surface area (Å²) in [5.41, 5.74) is 0. The molecule has 0 heterocycles. The highest BCUT2D eigenvalue weighted by Crippen LogP contribution is 1.90. The molecular weight excluding hydrogens is 132 g/mol. The summed E-state index contributed by atoms with van der Waals surface area (Å²) in [5, 5.41) is 12.4. The second-order valence-electron chi connectivity index (χ2n) is 1.75. The minimum absolute atomic E-state index is 0.549. The summed E-state index contributed by atoms with van der Waals surface area (Å²) in [5.74, 6) is 0.549. The maximum Gasteiger partial charge on any atom is 0.205 e. The number of rotatable bonds is 4. The summed E-state index contributed by atoms with van der Waals surface area (Å²) in [6, 6.07) is 0. The van der Waals surface area contributed by atoms with E-state index in [1.165, 1.54) is 13.2 Å². The van der Waals surface area contributed by atoms with Crippen molar-refractivity contribution in [3.8, 4) is 0 Å². The molecule has 0 saturated carbocycles. The van der Waals surface area contributed by atoms with Gasteiger partial charge in [0.2, 0.25) is 5.88 Å². The molecule has 0 amide bonds. The Morgan fingerprint density at radius 2 is 2.40 bits per heavy atom. The molecular formula is C6H14N2O2. The van der Waals surface area contributed by atoms with E-state index in [1.807, 2.05) is 6.92 Å². The van der Waals surface area contributed by atoms with Gasteiger partial charge in [-0.3, -0.25) is 10.3 Å². The molecule has 0 aromatic heterocycles.